The first-order chi connectivity index (χ1) is 8.28. The van der Waals surface area contributed by atoms with E-state index in [4.69, 9.17) is 4.52 Å². The summed E-state index contributed by atoms with van der Waals surface area (Å²) in [5, 5.41) is 13.4. The average Bonchev–Trinajstić information content (AvgIpc) is 3.00. The van der Waals surface area contributed by atoms with Crippen LogP contribution in [0.15, 0.2) is 10.6 Å². The number of hydrogen-bond acceptors (Lipinski definition) is 5. The summed E-state index contributed by atoms with van der Waals surface area (Å²) in [4.78, 5) is 6.71. The Morgan fingerprint density at radius 3 is 3.18 bits per heavy atom. The van der Waals surface area contributed by atoms with Gasteiger partial charge in [-0.25, -0.2) is 0 Å². The number of nitrogens with zero attached hydrogens (tertiary/aromatic N) is 2. The minimum atomic E-state index is -0.626. The molecule has 2 aromatic heterocycles. The highest BCUT2D eigenvalue weighted by molar-refractivity contribution is 7.15. The Morgan fingerprint density at radius 2 is 2.41 bits per heavy atom. The number of hydrogen-bond donors (Lipinski definition) is 1. The Kier molecular flexibility index (Phi) is 2.72. The van der Waals surface area contributed by atoms with Gasteiger partial charge in [-0.1, -0.05) is 12.1 Å². The van der Waals surface area contributed by atoms with E-state index in [1.807, 2.05) is 6.92 Å². The van der Waals surface area contributed by atoms with Crippen LogP contribution in [-0.2, 0) is 12.8 Å². The first-order valence-corrected chi connectivity index (χ1v) is 6.73. The molecule has 1 aliphatic rings. The molecule has 0 radical (unpaired) electrons. The van der Waals surface area contributed by atoms with Crippen molar-refractivity contribution in [3.8, 4) is 10.8 Å². The highest BCUT2D eigenvalue weighted by Crippen LogP contribution is 2.36. The van der Waals surface area contributed by atoms with Crippen molar-refractivity contribution in [1.29, 1.82) is 0 Å². The second-order valence-corrected chi connectivity index (χ2v) is 5.43. The molecule has 0 aliphatic heterocycles. The van der Waals surface area contributed by atoms with Gasteiger partial charge in [0.05, 0.1) is 4.88 Å². The van der Waals surface area contributed by atoms with Gasteiger partial charge in [-0.2, -0.15) is 4.98 Å². The summed E-state index contributed by atoms with van der Waals surface area (Å²) < 4.78 is 5.20. The van der Waals surface area contributed by atoms with E-state index in [2.05, 4.69) is 16.2 Å². The number of aliphatic hydroxyl groups excluding tert-OH is 1. The fraction of sp³-hybridized carbons (Fsp3) is 0.500. The molecule has 0 fully saturated rings. The van der Waals surface area contributed by atoms with Crippen molar-refractivity contribution in [3.05, 3.63) is 22.3 Å². The van der Waals surface area contributed by atoms with Crippen molar-refractivity contribution in [2.45, 2.75) is 38.7 Å². The fourth-order valence-electron chi connectivity index (χ4n) is 2.09. The largest absolute Gasteiger partial charge is 0.385 e. The molecule has 2 heterocycles. The second-order valence-electron chi connectivity index (χ2n) is 4.29. The molecule has 0 saturated carbocycles. The molecule has 0 bridgehead atoms. The zero-order valence-corrected chi connectivity index (χ0v) is 10.5. The quantitative estimate of drug-likeness (QED) is 0.910. The normalized spacial score (nSPS) is 16.1. The molecule has 1 aliphatic carbocycles. The molecule has 3 rings (SSSR count). The van der Waals surface area contributed by atoms with Crippen LogP contribution in [-0.4, -0.2) is 15.2 Å². The first-order valence-electron chi connectivity index (χ1n) is 5.91. The number of aryl methyl sites for hydroxylation is 2. The molecule has 0 aromatic carbocycles. The van der Waals surface area contributed by atoms with Gasteiger partial charge >= 0.3 is 0 Å². The number of aromatic nitrogens is 2. The lowest BCUT2D eigenvalue weighted by molar-refractivity contribution is 0.159. The molecular weight excluding hydrogens is 236 g/mol. The van der Waals surface area contributed by atoms with Gasteiger partial charge in [-0.3, -0.25) is 0 Å². The van der Waals surface area contributed by atoms with E-state index in [0.29, 0.717) is 18.1 Å². The van der Waals surface area contributed by atoms with Gasteiger partial charge in [0.15, 0.2) is 0 Å². The van der Waals surface area contributed by atoms with E-state index in [-0.39, 0.29) is 0 Å². The Labute approximate surface area is 103 Å². The Morgan fingerprint density at radius 1 is 1.53 bits per heavy atom. The summed E-state index contributed by atoms with van der Waals surface area (Å²) in [7, 11) is 0. The van der Waals surface area contributed by atoms with Crippen LogP contribution in [0.2, 0.25) is 0 Å². The third kappa shape index (κ3) is 1.89. The lowest BCUT2D eigenvalue weighted by Gasteiger charge is -1.97. The molecule has 90 valence electrons. The average molecular weight is 250 g/mol. The number of fused-ring (bicyclic) bond motifs is 1. The third-order valence-corrected chi connectivity index (χ3v) is 4.31. The van der Waals surface area contributed by atoms with E-state index in [9.17, 15) is 5.11 Å². The Bertz CT molecular complexity index is 511. The molecule has 1 atom stereocenters. The predicted octanol–water partition coefficient (Wildman–Crippen LogP) is 2.73. The van der Waals surface area contributed by atoms with E-state index in [1.54, 1.807) is 11.3 Å². The topological polar surface area (TPSA) is 59.2 Å². The van der Waals surface area contributed by atoms with Crippen molar-refractivity contribution in [1.82, 2.24) is 10.1 Å². The summed E-state index contributed by atoms with van der Waals surface area (Å²) in [6.07, 6.45) is 3.55. The van der Waals surface area contributed by atoms with Crippen LogP contribution in [0.4, 0.5) is 0 Å². The minimum absolute atomic E-state index is 0.385. The minimum Gasteiger partial charge on any atom is -0.385 e. The smallest absolute Gasteiger partial charge is 0.268 e. The SMILES string of the molecule is CCC(O)c1noc(-c2cc3c(s2)CCC3)n1. The summed E-state index contributed by atoms with van der Waals surface area (Å²) in [6.45, 7) is 1.89. The first kappa shape index (κ1) is 10.9. The maximum Gasteiger partial charge on any atom is 0.268 e. The van der Waals surface area contributed by atoms with Crippen LogP contribution in [0, 0.1) is 0 Å². The Hall–Kier alpha value is -1.20. The van der Waals surface area contributed by atoms with Crippen LogP contribution in [0.25, 0.3) is 10.8 Å². The summed E-state index contributed by atoms with van der Waals surface area (Å²) in [6, 6.07) is 2.14. The standard InChI is InChI=1S/C12H14N2O2S/c1-2-8(15)11-13-12(16-14-11)10-6-7-4-3-5-9(7)17-10/h6,8,15H,2-5H2,1H3. The second kappa shape index (κ2) is 4.23. The Balaban J connectivity index is 1.90. The summed E-state index contributed by atoms with van der Waals surface area (Å²) in [5.41, 5.74) is 1.42. The van der Waals surface area contributed by atoms with E-state index < -0.39 is 6.10 Å². The van der Waals surface area contributed by atoms with Gasteiger partial charge < -0.3 is 9.63 Å². The fourth-order valence-corrected chi connectivity index (χ4v) is 3.26. The highest BCUT2D eigenvalue weighted by atomic mass is 32.1. The van der Waals surface area contributed by atoms with E-state index >= 15 is 0 Å². The predicted molar refractivity (Wildman–Crippen MR) is 64.9 cm³/mol. The highest BCUT2D eigenvalue weighted by Gasteiger charge is 2.20. The molecule has 0 saturated heterocycles. The molecule has 0 spiro atoms. The van der Waals surface area contributed by atoms with Gasteiger partial charge in [0, 0.05) is 4.88 Å². The summed E-state index contributed by atoms with van der Waals surface area (Å²) >= 11 is 1.73. The number of rotatable bonds is 3. The monoisotopic (exact) mass is 250 g/mol. The van der Waals surface area contributed by atoms with Gasteiger partial charge in [0.25, 0.3) is 5.89 Å². The van der Waals surface area contributed by atoms with Gasteiger partial charge in [-0.15, -0.1) is 11.3 Å². The number of thiophene rings is 1. The molecule has 1 unspecified atom stereocenters. The molecule has 17 heavy (non-hydrogen) atoms. The maximum absolute atomic E-state index is 9.63. The van der Waals surface area contributed by atoms with Crippen LogP contribution in [0.1, 0.15) is 42.1 Å². The van der Waals surface area contributed by atoms with E-state index in [1.165, 1.54) is 23.3 Å². The van der Waals surface area contributed by atoms with Crippen molar-refractivity contribution in [3.63, 3.8) is 0 Å². The number of aliphatic hydroxyl groups is 1. The third-order valence-electron chi connectivity index (χ3n) is 3.08. The van der Waals surface area contributed by atoms with Crippen molar-refractivity contribution in [2.75, 3.05) is 0 Å². The molecule has 0 amide bonds. The van der Waals surface area contributed by atoms with Gasteiger partial charge in [-0.05, 0) is 37.3 Å². The van der Waals surface area contributed by atoms with Crippen molar-refractivity contribution < 1.29 is 9.63 Å². The zero-order valence-electron chi connectivity index (χ0n) is 9.64. The maximum atomic E-state index is 9.63. The molecule has 2 aromatic rings. The summed E-state index contributed by atoms with van der Waals surface area (Å²) in [5.74, 6) is 0.919. The molecular formula is C12H14N2O2S. The molecule has 5 heteroatoms. The van der Waals surface area contributed by atoms with E-state index in [0.717, 1.165) is 11.3 Å². The molecule has 4 nitrogen and oxygen atoms in total. The van der Waals surface area contributed by atoms with Crippen molar-refractivity contribution in [2.24, 2.45) is 0 Å². The van der Waals surface area contributed by atoms with Gasteiger partial charge in [0.2, 0.25) is 5.82 Å². The zero-order chi connectivity index (χ0) is 11.8. The van der Waals surface area contributed by atoms with Crippen LogP contribution in [0.5, 0.6) is 0 Å². The van der Waals surface area contributed by atoms with Gasteiger partial charge in [0.1, 0.15) is 6.10 Å². The molecule has 1 N–H and O–H groups in total. The lowest BCUT2D eigenvalue weighted by Crippen LogP contribution is -1.97. The lowest BCUT2D eigenvalue weighted by atomic mass is 10.2. The van der Waals surface area contributed by atoms with Crippen LogP contribution in [0.3, 0.4) is 0 Å². The van der Waals surface area contributed by atoms with Crippen molar-refractivity contribution >= 4 is 11.3 Å². The van der Waals surface area contributed by atoms with Crippen LogP contribution < -0.4 is 0 Å². The van der Waals surface area contributed by atoms with Crippen LogP contribution >= 0.6 is 11.3 Å².